The van der Waals surface area contributed by atoms with Crippen molar-refractivity contribution >= 4 is 0 Å². The second-order valence-electron chi connectivity index (χ2n) is 4.26. The maximum absolute atomic E-state index is 9.30. The maximum atomic E-state index is 9.30. The summed E-state index contributed by atoms with van der Waals surface area (Å²) in [5.74, 6) is 1.26. The van der Waals surface area contributed by atoms with E-state index in [1.165, 1.54) is 5.56 Å². The number of benzene rings is 1. The minimum absolute atomic E-state index is 0.0770. The molecule has 1 aromatic rings. The first-order chi connectivity index (χ1) is 7.25. The van der Waals surface area contributed by atoms with Crippen molar-refractivity contribution < 1.29 is 9.84 Å². The summed E-state index contributed by atoms with van der Waals surface area (Å²) in [6.07, 6.45) is 0.979. The van der Waals surface area contributed by atoms with Crippen LogP contribution in [0.25, 0.3) is 0 Å². The zero-order chi connectivity index (χ0) is 10.9. The van der Waals surface area contributed by atoms with Crippen LogP contribution in [0, 0.1) is 5.41 Å². The monoisotopic (exact) mass is 207 g/mol. The van der Waals surface area contributed by atoms with Crippen LogP contribution in [-0.2, 0) is 0 Å². The lowest BCUT2D eigenvalue weighted by molar-refractivity contribution is 0.211. The molecule has 15 heavy (non-hydrogen) atoms. The molecule has 1 saturated carbocycles. The second-order valence-corrected chi connectivity index (χ2v) is 4.26. The first-order valence-electron chi connectivity index (χ1n) is 5.20. The van der Waals surface area contributed by atoms with Crippen molar-refractivity contribution in [3.63, 3.8) is 0 Å². The Labute approximate surface area is 89.9 Å². The van der Waals surface area contributed by atoms with Crippen molar-refractivity contribution in [2.24, 2.45) is 11.1 Å². The molecule has 0 spiro atoms. The number of aliphatic hydroxyl groups is 1. The fraction of sp³-hybridized carbons (Fsp3) is 0.500. The minimum Gasteiger partial charge on any atom is -0.497 e. The molecule has 1 aliphatic rings. The number of rotatable bonds is 4. The van der Waals surface area contributed by atoms with Crippen LogP contribution in [0.2, 0.25) is 0 Å². The van der Waals surface area contributed by atoms with Crippen molar-refractivity contribution in [2.75, 3.05) is 20.3 Å². The van der Waals surface area contributed by atoms with E-state index in [0.717, 1.165) is 12.2 Å². The molecule has 1 fully saturated rings. The molecular formula is C12H17NO2. The van der Waals surface area contributed by atoms with Crippen molar-refractivity contribution in [3.8, 4) is 5.75 Å². The van der Waals surface area contributed by atoms with Crippen LogP contribution >= 0.6 is 0 Å². The number of hydrogen-bond donors (Lipinski definition) is 2. The number of aliphatic hydroxyl groups excluding tert-OH is 1. The summed E-state index contributed by atoms with van der Waals surface area (Å²) in [7, 11) is 1.66. The maximum Gasteiger partial charge on any atom is 0.119 e. The molecular weight excluding hydrogens is 190 g/mol. The van der Waals surface area contributed by atoms with E-state index in [0.29, 0.717) is 12.5 Å². The van der Waals surface area contributed by atoms with Crippen LogP contribution in [0.1, 0.15) is 17.9 Å². The molecule has 1 aromatic carbocycles. The zero-order valence-electron chi connectivity index (χ0n) is 8.94. The third-order valence-corrected chi connectivity index (χ3v) is 3.41. The van der Waals surface area contributed by atoms with Crippen molar-refractivity contribution in [2.45, 2.75) is 12.3 Å². The molecule has 3 nitrogen and oxygen atoms in total. The summed E-state index contributed by atoms with van der Waals surface area (Å²) in [5.41, 5.74) is 6.83. The molecule has 82 valence electrons. The van der Waals surface area contributed by atoms with Gasteiger partial charge >= 0.3 is 0 Å². The predicted octanol–water partition coefficient (Wildman–Crippen LogP) is 1.12. The quantitative estimate of drug-likeness (QED) is 0.778. The van der Waals surface area contributed by atoms with Crippen LogP contribution in [0.4, 0.5) is 0 Å². The van der Waals surface area contributed by atoms with Crippen LogP contribution in [0.15, 0.2) is 24.3 Å². The van der Waals surface area contributed by atoms with E-state index in [-0.39, 0.29) is 12.0 Å². The fourth-order valence-electron chi connectivity index (χ4n) is 2.14. The van der Waals surface area contributed by atoms with Crippen LogP contribution in [-0.4, -0.2) is 25.4 Å². The number of ether oxygens (including phenoxy) is 1. The number of nitrogens with two attached hydrogens (primary N) is 1. The molecule has 2 unspecified atom stereocenters. The lowest BCUT2D eigenvalue weighted by atomic mass is 10.00. The Bertz CT molecular complexity index is 347. The fourth-order valence-corrected chi connectivity index (χ4v) is 2.14. The van der Waals surface area contributed by atoms with Gasteiger partial charge in [-0.05, 0) is 30.0 Å². The number of methoxy groups -OCH3 is 1. The van der Waals surface area contributed by atoms with Gasteiger partial charge in [0, 0.05) is 12.0 Å². The molecule has 3 N–H and O–H groups in total. The average molecular weight is 207 g/mol. The van der Waals surface area contributed by atoms with Crippen molar-refractivity contribution in [1.82, 2.24) is 0 Å². The largest absolute Gasteiger partial charge is 0.497 e. The van der Waals surface area contributed by atoms with E-state index >= 15 is 0 Å². The highest BCUT2D eigenvalue weighted by atomic mass is 16.5. The van der Waals surface area contributed by atoms with Crippen molar-refractivity contribution in [1.29, 1.82) is 0 Å². The molecule has 0 saturated heterocycles. The average Bonchev–Trinajstić information content (AvgIpc) is 3.04. The van der Waals surface area contributed by atoms with Gasteiger partial charge < -0.3 is 15.6 Å². The van der Waals surface area contributed by atoms with Crippen molar-refractivity contribution in [3.05, 3.63) is 29.8 Å². The van der Waals surface area contributed by atoms with Crippen LogP contribution < -0.4 is 10.5 Å². The third-order valence-electron chi connectivity index (χ3n) is 3.41. The molecule has 3 heteroatoms. The number of hydrogen-bond acceptors (Lipinski definition) is 3. The Balaban J connectivity index is 2.18. The molecule has 1 aliphatic carbocycles. The molecule has 0 aromatic heterocycles. The van der Waals surface area contributed by atoms with E-state index in [9.17, 15) is 5.11 Å². The van der Waals surface area contributed by atoms with Gasteiger partial charge in [-0.15, -0.1) is 0 Å². The van der Waals surface area contributed by atoms with Crippen LogP contribution in [0.5, 0.6) is 5.75 Å². The van der Waals surface area contributed by atoms with Gasteiger partial charge in [0.05, 0.1) is 13.7 Å². The second kappa shape index (κ2) is 3.83. The first kappa shape index (κ1) is 10.5. The minimum atomic E-state index is -0.0770. The highest BCUT2D eigenvalue weighted by Gasteiger charge is 2.53. The molecule has 0 radical (unpaired) electrons. The summed E-state index contributed by atoms with van der Waals surface area (Å²) in [4.78, 5) is 0. The van der Waals surface area contributed by atoms with E-state index in [1.54, 1.807) is 7.11 Å². The Morgan fingerprint density at radius 3 is 2.93 bits per heavy atom. The topological polar surface area (TPSA) is 55.5 Å². The molecule has 2 atom stereocenters. The van der Waals surface area contributed by atoms with Gasteiger partial charge in [-0.1, -0.05) is 12.1 Å². The predicted molar refractivity (Wildman–Crippen MR) is 58.9 cm³/mol. The molecule has 2 rings (SSSR count). The summed E-state index contributed by atoms with van der Waals surface area (Å²) in [5, 5.41) is 9.30. The zero-order valence-corrected chi connectivity index (χ0v) is 8.94. The smallest absolute Gasteiger partial charge is 0.119 e. The van der Waals surface area contributed by atoms with Gasteiger partial charge in [0.1, 0.15) is 5.75 Å². The summed E-state index contributed by atoms with van der Waals surface area (Å²) in [6, 6.07) is 8.00. The highest BCUT2D eigenvalue weighted by Crippen LogP contribution is 2.58. The summed E-state index contributed by atoms with van der Waals surface area (Å²) in [6.45, 7) is 0.719. The van der Waals surface area contributed by atoms with Crippen LogP contribution in [0.3, 0.4) is 0 Å². The Morgan fingerprint density at radius 2 is 2.40 bits per heavy atom. The van der Waals surface area contributed by atoms with Gasteiger partial charge in [-0.2, -0.15) is 0 Å². The van der Waals surface area contributed by atoms with Gasteiger partial charge in [0.15, 0.2) is 0 Å². The first-order valence-corrected chi connectivity index (χ1v) is 5.20. The molecule has 0 heterocycles. The summed E-state index contributed by atoms with van der Waals surface area (Å²) >= 11 is 0. The normalized spacial score (nSPS) is 28.9. The Morgan fingerprint density at radius 1 is 1.60 bits per heavy atom. The van der Waals surface area contributed by atoms with E-state index in [4.69, 9.17) is 10.5 Å². The van der Waals surface area contributed by atoms with Gasteiger partial charge in [0.2, 0.25) is 0 Å². The lowest BCUT2D eigenvalue weighted by Crippen LogP contribution is -2.21. The molecule has 0 amide bonds. The van der Waals surface area contributed by atoms with E-state index in [1.807, 2.05) is 18.2 Å². The Kier molecular flexibility index (Phi) is 2.67. The highest BCUT2D eigenvalue weighted by molar-refractivity contribution is 5.36. The molecule has 0 aliphatic heterocycles. The third kappa shape index (κ3) is 1.73. The van der Waals surface area contributed by atoms with Gasteiger partial charge in [-0.3, -0.25) is 0 Å². The molecule has 0 bridgehead atoms. The van der Waals surface area contributed by atoms with Gasteiger partial charge in [0.25, 0.3) is 0 Å². The SMILES string of the molecule is COc1cccc(C2CC2(CN)CO)c1. The van der Waals surface area contributed by atoms with E-state index < -0.39 is 0 Å². The van der Waals surface area contributed by atoms with E-state index in [2.05, 4.69) is 6.07 Å². The Hall–Kier alpha value is -1.06. The van der Waals surface area contributed by atoms with Gasteiger partial charge in [-0.25, -0.2) is 0 Å². The summed E-state index contributed by atoms with van der Waals surface area (Å²) < 4.78 is 5.17. The standard InChI is InChI=1S/C12H17NO2/c1-15-10-4-2-3-9(5-10)11-6-12(11,7-13)8-14/h2-5,11,14H,6-8,13H2,1H3. The lowest BCUT2D eigenvalue weighted by Gasteiger charge is -2.11.